The van der Waals surface area contributed by atoms with Gasteiger partial charge >= 0.3 is 0 Å². The highest BCUT2D eigenvalue weighted by atomic mass is 16.6. The van der Waals surface area contributed by atoms with Crippen LogP contribution >= 0.6 is 0 Å². The highest BCUT2D eigenvalue weighted by Gasteiger charge is 2.14. The van der Waals surface area contributed by atoms with Gasteiger partial charge in [-0.3, -0.25) is 10.1 Å². The fourth-order valence-electron chi connectivity index (χ4n) is 2.69. The molecule has 1 unspecified atom stereocenters. The number of unbranched alkanes of at least 4 members (excludes halogenated alkanes) is 1. The summed E-state index contributed by atoms with van der Waals surface area (Å²) in [6.07, 6.45) is 4.17. The lowest BCUT2D eigenvalue weighted by Crippen LogP contribution is -2.24. The van der Waals surface area contributed by atoms with E-state index >= 15 is 0 Å². The topological polar surface area (TPSA) is 55.2 Å². The third-order valence-corrected chi connectivity index (χ3v) is 3.98. The number of nitrogens with one attached hydrogen (secondary N) is 1. The van der Waals surface area contributed by atoms with Crippen molar-refractivity contribution in [2.45, 2.75) is 38.6 Å². The molecule has 0 saturated carbocycles. The summed E-state index contributed by atoms with van der Waals surface area (Å²) in [7, 11) is 0. The Bertz CT molecular complexity index is 614. The Hall–Kier alpha value is -2.20. The van der Waals surface area contributed by atoms with Gasteiger partial charge in [-0.05, 0) is 30.5 Å². The van der Waals surface area contributed by atoms with Crippen LogP contribution < -0.4 is 5.32 Å². The molecule has 0 fully saturated rings. The molecule has 0 radical (unpaired) electrons. The molecule has 23 heavy (non-hydrogen) atoms. The first-order chi connectivity index (χ1) is 11.2. The van der Waals surface area contributed by atoms with Gasteiger partial charge in [-0.1, -0.05) is 62.2 Å². The summed E-state index contributed by atoms with van der Waals surface area (Å²) < 4.78 is 0. The predicted octanol–water partition coefficient (Wildman–Crippen LogP) is 4.66. The number of nitro groups is 1. The second-order valence-electron chi connectivity index (χ2n) is 5.74. The lowest BCUT2D eigenvalue weighted by molar-refractivity contribution is -0.384. The van der Waals surface area contributed by atoms with Crippen LogP contribution in [-0.2, 0) is 6.42 Å². The average Bonchev–Trinajstić information content (AvgIpc) is 2.59. The largest absolute Gasteiger partial charge is 0.310 e. The van der Waals surface area contributed by atoms with Crippen molar-refractivity contribution < 1.29 is 4.92 Å². The van der Waals surface area contributed by atoms with Crippen LogP contribution in [0, 0.1) is 10.1 Å². The lowest BCUT2D eigenvalue weighted by Gasteiger charge is -2.19. The Morgan fingerprint density at radius 3 is 2.61 bits per heavy atom. The zero-order valence-corrected chi connectivity index (χ0v) is 13.6. The first-order valence-electron chi connectivity index (χ1n) is 8.22. The van der Waals surface area contributed by atoms with Crippen molar-refractivity contribution in [3.63, 3.8) is 0 Å². The maximum atomic E-state index is 11.0. The second-order valence-corrected chi connectivity index (χ2v) is 5.74. The van der Waals surface area contributed by atoms with Crippen molar-refractivity contribution in [2.75, 3.05) is 6.54 Å². The average molecular weight is 312 g/mol. The fourth-order valence-corrected chi connectivity index (χ4v) is 2.69. The van der Waals surface area contributed by atoms with Gasteiger partial charge in [0.15, 0.2) is 0 Å². The minimum absolute atomic E-state index is 0.161. The molecular weight excluding hydrogens is 288 g/mol. The normalized spacial score (nSPS) is 12.0. The molecule has 2 aromatic rings. The minimum Gasteiger partial charge on any atom is -0.310 e. The van der Waals surface area contributed by atoms with Crippen molar-refractivity contribution in [2.24, 2.45) is 0 Å². The molecule has 1 atom stereocenters. The number of rotatable bonds is 9. The van der Waals surface area contributed by atoms with E-state index in [0.717, 1.165) is 37.8 Å². The zero-order chi connectivity index (χ0) is 16.5. The van der Waals surface area contributed by atoms with Gasteiger partial charge in [-0.25, -0.2) is 0 Å². The van der Waals surface area contributed by atoms with E-state index in [9.17, 15) is 10.1 Å². The van der Waals surface area contributed by atoms with Crippen LogP contribution in [0.25, 0.3) is 0 Å². The Morgan fingerprint density at radius 1 is 1.13 bits per heavy atom. The van der Waals surface area contributed by atoms with Gasteiger partial charge < -0.3 is 5.32 Å². The maximum absolute atomic E-state index is 11.0. The van der Waals surface area contributed by atoms with Gasteiger partial charge in [0.25, 0.3) is 5.69 Å². The molecule has 4 heteroatoms. The smallest absolute Gasteiger partial charge is 0.269 e. The Morgan fingerprint density at radius 2 is 1.91 bits per heavy atom. The molecule has 2 rings (SSSR count). The van der Waals surface area contributed by atoms with Crippen LogP contribution in [0.4, 0.5) is 5.69 Å². The van der Waals surface area contributed by atoms with E-state index in [4.69, 9.17) is 0 Å². The van der Waals surface area contributed by atoms with E-state index in [1.807, 2.05) is 24.3 Å². The Labute approximate surface area is 137 Å². The van der Waals surface area contributed by atoms with Crippen molar-refractivity contribution >= 4 is 5.69 Å². The molecule has 0 saturated heterocycles. The summed E-state index contributed by atoms with van der Waals surface area (Å²) in [5.74, 6) is 0. The Balaban J connectivity index is 2.01. The first-order valence-corrected chi connectivity index (χ1v) is 8.22. The van der Waals surface area contributed by atoms with Crippen LogP contribution in [0.3, 0.4) is 0 Å². The van der Waals surface area contributed by atoms with Crippen LogP contribution in [0.15, 0.2) is 54.6 Å². The molecule has 0 aromatic heterocycles. The highest BCUT2D eigenvalue weighted by molar-refractivity contribution is 5.35. The first kappa shape index (κ1) is 17.2. The molecule has 0 bridgehead atoms. The number of nitrogens with zero attached hydrogens (tertiary/aromatic N) is 1. The van der Waals surface area contributed by atoms with E-state index in [2.05, 4.69) is 24.4 Å². The zero-order valence-electron chi connectivity index (χ0n) is 13.6. The number of nitro benzene ring substituents is 1. The van der Waals surface area contributed by atoms with Crippen LogP contribution in [-0.4, -0.2) is 11.5 Å². The van der Waals surface area contributed by atoms with E-state index in [1.54, 1.807) is 18.2 Å². The van der Waals surface area contributed by atoms with Gasteiger partial charge in [-0.15, -0.1) is 0 Å². The van der Waals surface area contributed by atoms with Crippen LogP contribution in [0.2, 0.25) is 0 Å². The summed E-state index contributed by atoms with van der Waals surface area (Å²) in [4.78, 5) is 10.6. The number of hydrogen-bond acceptors (Lipinski definition) is 3. The molecule has 2 aromatic carbocycles. The standard InChI is InChI=1S/C19H24N2O2/c1-2-3-12-19(17-10-7-11-18(15-17)21(22)23)20-14-13-16-8-5-4-6-9-16/h4-11,15,19-20H,2-3,12-14H2,1H3. The summed E-state index contributed by atoms with van der Waals surface area (Å²) in [6.45, 7) is 3.02. The van der Waals surface area contributed by atoms with Crippen molar-refractivity contribution in [3.8, 4) is 0 Å². The monoisotopic (exact) mass is 312 g/mol. The molecule has 0 spiro atoms. The second kappa shape index (κ2) is 9.06. The molecule has 1 N–H and O–H groups in total. The summed E-state index contributed by atoms with van der Waals surface area (Å²) in [5.41, 5.74) is 2.46. The predicted molar refractivity (Wildman–Crippen MR) is 93.5 cm³/mol. The van der Waals surface area contributed by atoms with Crippen LogP contribution in [0.1, 0.15) is 43.4 Å². The third-order valence-electron chi connectivity index (χ3n) is 3.98. The van der Waals surface area contributed by atoms with E-state index in [-0.39, 0.29) is 16.7 Å². The van der Waals surface area contributed by atoms with E-state index in [1.165, 1.54) is 5.56 Å². The van der Waals surface area contributed by atoms with Gasteiger partial charge in [0, 0.05) is 18.2 Å². The number of benzene rings is 2. The third kappa shape index (κ3) is 5.49. The summed E-state index contributed by atoms with van der Waals surface area (Å²) in [6, 6.07) is 17.5. The molecule has 0 amide bonds. The SMILES string of the molecule is CCCCC(NCCc1ccccc1)c1cccc([N+](=O)[O-])c1. The number of hydrogen-bond donors (Lipinski definition) is 1. The maximum Gasteiger partial charge on any atom is 0.269 e. The lowest BCUT2D eigenvalue weighted by atomic mass is 10.00. The van der Waals surface area contributed by atoms with Gasteiger partial charge in [0.05, 0.1) is 4.92 Å². The Kier molecular flexibility index (Phi) is 6.76. The molecular formula is C19H24N2O2. The van der Waals surface area contributed by atoms with Gasteiger partial charge in [-0.2, -0.15) is 0 Å². The van der Waals surface area contributed by atoms with Crippen LogP contribution in [0.5, 0.6) is 0 Å². The molecule has 0 aliphatic rings. The minimum atomic E-state index is -0.329. The molecule has 0 heterocycles. The van der Waals surface area contributed by atoms with Crippen molar-refractivity contribution in [1.29, 1.82) is 0 Å². The van der Waals surface area contributed by atoms with Crippen molar-refractivity contribution in [1.82, 2.24) is 5.32 Å². The van der Waals surface area contributed by atoms with Gasteiger partial charge in [0.1, 0.15) is 0 Å². The van der Waals surface area contributed by atoms with Gasteiger partial charge in [0.2, 0.25) is 0 Å². The quantitative estimate of drug-likeness (QED) is 0.541. The van der Waals surface area contributed by atoms with E-state index < -0.39 is 0 Å². The number of non-ortho nitro benzene ring substituents is 1. The molecule has 4 nitrogen and oxygen atoms in total. The molecule has 122 valence electrons. The fraction of sp³-hybridized carbons (Fsp3) is 0.368. The highest BCUT2D eigenvalue weighted by Crippen LogP contribution is 2.23. The summed E-state index contributed by atoms with van der Waals surface area (Å²) in [5, 5.41) is 14.5. The molecule has 0 aliphatic carbocycles. The van der Waals surface area contributed by atoms with E-state index in [0.29, 0.717) is 0 Å². The summed E-state index contributed by atoms with van der Waals surface area (Å²) >= 11 is 0. The molecule has 0 aliphatic heterocycles. The van der Waals surface area contributed by atoms with Crippen molar-refractivity contribution in [3.05, 3.63) is 75.8 Å².